The van der Waals surface area contributed by atoms with Gasteiger partial charge in [-0.2, -0.15) is 0 Å². The van der Waals surface area contributed by atoms with Gasteiger partial charge in [-0.15, -0.1) is 0 Å². The lowest BCUT2D eigenvalue weighted by molar-refractivity contribution is 0.119. The zero-order valence-corrected chi connectivity index (χ0v) is 9.12. The minimum atomic E-state index is -0.297. The number of likely N-dealkylation sites (tertiary alicyclic amines) is 1. The molecule has 1 aliphatic heterocycles. The van der Waals surface area contributed by atoms with E-state index in [1.54, 1.807) is 4.90 Å². The normalized spacial score (nSPS) is 19.8. The molecular weight excluding hydrogens is 178 g/mol. The number of urea groups is 1. The molecule has 0 unspecified atom stereocenters. The van der Waals surface area contributed by atoms with Crippen molar-refractivity contribution in [1.29, 1.82) is 0 Å². The fraction of sp³-hybridized carbons (Fsp3) is 0.900. The number of nitrogens with zero attached hydrogens (tertiary/aromatic N) is 1. The molecule has 1 fully saturated rings. The highest BCUT2D eigenvalue weighted by molar-refractivity contribution is 5.72. The molecule has 0 spiro atoms. The third-order valence-corrected chi connectivity index (χ3v) is 3.44. The molecule has 1 rings (SSSR count). The summed E-state index contributed by atoms with van der Waals surface area (Å²) in [6.45, 7) is 6.65. The zero-order valence-electron chi connectivity index (χ0n) is 9.12. The number of hydrogen-bond acceptors (Lipinski definition) is 2. The average Bonchev–Trinajstić information content (AvgIpc) is 2.18. The van der Waals surface area contributed by atoms with Crippen LogP contribution in [0.3, 0.4) is 0 Å². The topological polar surface area (TPSA) is 72.3 Å². The van der Waals surface area contributed by atoms with Gasteiger partial charge in [0.2, 0.25) is 0 Å². The van der Waals surface area contributed by atoms with Crippen molar-refractivity contribution in [3.63, 3.8) is 0 Å². The van der Waals surface area contributed by atoms with E-state index in [2.05, 4.69) is 13.8 Å². The molecule has 0 aliphatic carbocycles. The summed E-state index contributed by atoms with van der Waals surface area (Å²) in [6.07, 6.45) is 2.04. The first-order valence-electron chi connectivity index (χ1n) is 5.22. The second-order valence-corrected chi connectivity index (χ2v) is 4.79. The molecule has 0 saturated carbocycles. The van der Waals surface area contributed by atoms with Gasteiger partial charge in [-0.1, -0.05) is 13.8 Å². The van der Waals surface area contributed by atoms with Crippen LogP contribution in [0.1, 0.15) is 26.7 Å². The van der Waals surface area contributed by atoms with Gasteiger partial charge in [-0.3, -0.25) is 0 Å². The molecule has 1 heterocycles. The van der Waals surface area contributed by atoms with E-state index in [4.69, 9.17) is 11.5 Å². The summed E-state index contributed by atoms with van der Waals surface area (Å²) in [7, 11) is 0. The Kier molecular flexibility index (Phi) is 3.37. The van der Waals surface area contributed by atoms with Gasteiger partial charge in [0.1, 0.15) is 0 Å². The molecule has 0 radical (unpaired) electrons. The maximum Gasteiger partial charge on any atom is 0.314 e. The minimum Gasteiger partial charge on any atom is -0.351 e. The maximum absolute atomic E-state index is 10.9. The van der Waals surface area contributed by atoms with Crippen molar-refractivity contribution in [3.05, 3.63) is 0 Å². The second kappa shape index (κ2) is 4.17. The van der Waals surface area contributed by atoms with Crippen molar-refractivity contribution in [1.82, 2.24) is 4.90 Å². The number of piperidine rings is 1. The van der Waals surface area contributed by atoms with Crippen LogP contribution in [0.5, 0.6) is 0 Å². The van der Waals surface area contributed by atoms with E-state index < -0.39 is 0 Å². The summed E-state index contributed by atoms with van der Waals surface area (Å²) in [5.74, 6) is 0.614. The Bertz CT molecular complexity index is 207. The van der Waals surface area contributed by atoms with Crippen LogP contribution in [-0.4, -0.2) is 30.6 Å². The smallest absolute Gasteiger partial charge is 0.314 e. The quantitative estimate of drug-likeness (QED) is 0.689. The van der Waals surface area contributed by atoms with E-state index in [9.17, 15) is 4.79 Å². The zero-order chi connectivity index (χ0) is 10.8. The lowest BCUT2D eigenvalue weighted by atomic mass is 9.74. The van der Waals surface area contributed by atoms with Crippen LogP contribution in [0.15, 0.2) is 0 Å². The van der Waals surface area contributed by atoms with Crippen LogP contribution >= 0.6 is 0 Å². The molecule has 0 aromatic heterocycles. The van der Waals surface area contributed by atoms with Gasteiger partial charge < -0.3 is 16.4 Å². The fourth-order valence-electron chi connectivity index (χ4n) is 2.05. The van der Waals surface area contributed by atoms with Crippen LogP contribution in [0, 0.1) is 11.3 Å². The van der Waals surface area contributed by atoms with E-state index in [0.29, 0.717) is 12.5 Å². The number of amides is 2. The van der Waals surface area contributed by atoms with Crippen LogP contribution in [0.25, 0.3) is 0 Å². The van der Waals surface area contributed by atoms with E-state index in [0.717, 1.165) is 25.9 Å². The first kappa shape index (κ1) is 11.3. The van der Waals surface area contributed by atoms with Gasteiger partial charge in [0, 0.05) is 13.1 Å². The highest BCUT2D eigenvalue weighted by Crippen LogP contribution is 2.33. The van der Waals surface area contributed by atoms with E-state index in [-0.39, 0.29) is 11.4 Å². The summed E-state index contributed by atoms with van der Waals surface area (Å²) in [5, 5.41) is 0. The molecular formula is C10H21N3O. The Morgan fingerprint density at radius 1 is 1.43 bits per heavy atom. The van der Waals surface area contributed by atoms with Crippen LogP contribution < -0.4 is 11.5 Å². The predicted octanol–water partition coefficient (Wildman–Crippen LogP) is 0.762. The van der Waals surface area contributed by atoms with Crippen molar-refractivity contribution in [2.24, 2.45) is 22.8 Å². The Hall–Kier alpha value is -0.770. The van der Waals surface area contributed by atoms with Crippen molar-refractivity contribution >= 4 is 6.03 Å². The van der Waals surface area contributed by atoms with Crippen molar-refractivity contribution in [2.45, 2.75) is 26.7 Å². The maximum atomic E-state index is 10.9. The van der Waals surface area contributed by atoms with E-state index in [1.165, 1.54) is 0 Å². The van der Waals surface area contributed by atoms with Gasteiger partial charge in [0.25, 0.3) is 0 Å². The first-order chi connectivity index (χ1) is 6.47. The highest BCUT2D eigenvalue weighted by atomic mass is 16.2. The van der Waals surface area contributed by atoms with Gasteiger partial charge in [0.05, 0.1) is 0 Å². The molecule has 4 heteroatoms. The summed E-state index contributed by atoms with van der Waals surface area (Å²) in [5.41, 5.74) is 11.1. The van der Waals surface area contributed by atoms with Gasteiger partial charge in [-0.25, -0.2) is 4.79 Å². The lowest BCUT2D eigenvalue weighted by Gasteiger charge is -2.39. The Morgan fingerprint density at radius 2 is 1.93 bits per heavy atom. The number of nitrogens with two attached hydrogens (primary N) is 2. The van der Waals surface area contributed by atoms with Gasteiger partial charge in [-0.05, 0) is 30.7 Å². The molecule has 14 heavy (non-hydrogen) atoms. The van der Waals surface area contributed by atoms with E-state index >= 15 is 0 Å². The largest absolute Gasteiger partial charge is 0.351 e. The third-order valence-electron chi connectivity index (χ3n) is 3.44. The Balaban J connectivity index is 2.47. The number of primary amides is 1. The highest BCUT2D eigenvalue weighted by Gasteiger charge is 2.31. The fourth-order valence-corrected chi connectivity index (χ4v) is 2.05. The van der Waals surface area contributed by atoms with Crippen LogP contribution in [0.4, 0.5) is 4.79 Å². The molecule has 0 bridgehead atoms. The molecule has 4 nitrogen and oxygen atoms in total. The Morgan fingerprint density at radius 3 is 2.29 bits per heavy atom. The number of hydrogen-bond donors (Lipinski definition) is 2. The molecule has 1 saturated heterocycles. The van der Waals surface area contributed by atoms with Gasteiger partial charge in [0.15, 0.2) is 0 Å². The summed E-state index contributed by atoms with van der Waals surface area (Å²) in [6, 6.07) is -0.297. The summed E-state index contributed by atoms with van der Waals surface area (Å²) in [4.78, 5) is 12.6. The van der Waals surface area contributed by atoms with E-state index in [1.807, 2.05) is 0 Å². The van der Waals surface area contributed by atoms with Crippen LogP contribution in [0.2, 0.25) is 0 Å². The third kappa shape index (κ3) is 2.38. The molecule has 0 atom stereocenters. The summed E-state index contributed by atoms with van der Waals surface area (Å²) < 4.78 is 0. The molecule has 82 valence electrons. The predicted molar refractivity (Wildman–Crippen MR) is 56.7 cm³/mol. The lowest BCUT2D eigenvalue weighted by Crippen LogP contribution is -2.45. The first-order valence-corrected chi connectivity index (χ1v) is 5.22. The van der Waals surface area contributed by atoms with Gasteiger partial charge >= 0.3 is 6.03 Å². The SMILES string of the molecule is CC(C)(CN)C1CCN(C(N)=O)CC1. The number of rotatable bonds is 2. The standard InChI is InChI=1S/C10H21N3O/c1-10(2,7-11)8-3-5-13(6-4-8)9(12)14/h8H,3-7,11H2,1-2H3,(H2,12,14). The molecule has 1 aliphatic rings. The average molecular weight is 199 g/mol. The van der Waals surface area contributed by atoms with Crippen LogP contribution in [-0.2, 0) is 0 Å². The summed E-state index contributed by atoms with van der Waals surface area (Å²) >= 11 is 0. The molecule has 0 aromatic carbocycles. The monoisotopic (exact) mass is 199 g/mol. The van der Waals surface area contributed by atoms with Crippen molar-refractivity contribution < 1.29 is 4.79 Å². The Labute approximate surface area is 85.6 Å². The molecule has 0 aromatic rings. The second-order valence-electron chi connectivity index (χ2n) is 4.79. The van der Waals surface area contributed by atoms with Crippen molar-refractivity contribution in [2.75, 3.05) is 19.6 Å². The van der Waals surface area contributed by atoms with Crippen molar-refractivity contribution in [3.8, 4) is 0 Å². The molecule has 2 amide bonds. The number of carbonyl (C=O) groups is 1. The number of carbonyl (C=O) groups excluding carboxylic acids is 1. The minimum absolute atomic E-state index is 0.184. The molecule has 4 N–H and O–H groups in total.